The number of amides is 3. The summed E-state index contributed by atoms with van der Waals surface area (Å²) in [5, 5.41) is 14.1. The lowest BCUT2D eigenvalue weighted by Crippen LogP contribution is -2.63. The van der Waals surface area contributed by atoms with Crippen LogP contribution in [-0.4, -0.2) is 98.2 Å². The minimum atomic E-state index is -1.16. The maximum atomic E-state index is 16.2. The van der Waals surface area contributed by atoms with Gasteiger partial charge in [-0.15, -0.1) is 0 Å². The second kappa shape index (κ2) is 20.7. The highest BCUT2D eigenvalue weighted by atomic mass is 35.5. The summed E-state index contributed by atoms with van der Waals surface area (Å²) in [6.07, 6.45) is 2.85. The van der Waals surface area contributed by atoms with Crippen LogP contribution in [0.3, 0.4) is 0 Å². The summed E-state index contributed by atoms with van der Waals surface area (Å²) in [6.45, 7) is 1.83. The van der Waals surface area contributed by atoms with E-state index in [0.717, 1.165) is 28.2 Å². The van der Waals surface area contributed by atoms with Gasteiger partial charge in [-0.25, -0.2) is 9.37 Å². The van der Waals surface area contributed by atoms with Crippen molar-refractivity contribution in [2.24, 2.45) is 18.9 Å². The molecule has 3 heterocycles. The Morgan fingerprint density at radius 2 is 1.65 bits per heavy atom. The number of aliphatic hydroxyl groups excluding tert-OH is 1. The van der Waals surface area contributed by atoms with Gasteiger partial charge in [0.1, 0.15) is 11.6 Å². The fraction of sp³-hybridized carbons (Fsp3) is 0.380. The first-order valence-electron chi connectivity index (χ1n) is 21.9. The van der Waals surface area contributed by atoms with Gasteiger partial charge in [0.15, 0.2) is 17.3 Å². The van der Waals surface area contributed by atoms with Crippen LogP contribution in [0, 0.1) is 17.7 Å². The number of carbonyl (C=O) groups is 4. The molecule has 7 rings (SSSR count). The zero-order valence-electron chi connectivity index (χ0n) is 37.1. The van der Waals surface area contributed by atoms with Crippen LogP contribution in [-0.2, 0) is 52.2 Å². The van der Waals surface area contributed by atoms with Crippen LogP contribution in [0.2, 0.25) is 10.0 Å². The lowest BCUT2D eigenvalue weighted by Gasteiger charge is -2.45. The van der Waals surface area contributed by atoms with Crippen LogP contribution in [0.1, 0.15) is 55.1 Å². The molecule has 2 saturated heterocycles. The van der Waals surface area contributed by atoms with Crippen LogP contribution in [0.15, 0.2) is 97.2 Å². The van der Waals surface area contributed by atoms with Crippen LogP contribution in [0.4, 0.5) is 4.39 Å². The molecule has 342 valence electrons. The molecule has 2 aliphatic rings. The number of rotatable bonds is 12. The fourth-order valence-electron chi connectivity index (χ4n) is 8.91. The van der Waals surface area contributed by atoms with E-state index in [4.69, 9.17) is 27.9 Å². The molecule has 0 spiro atoms. The van der Waals surface area contributed by atoms with Gasteiger partial charge in [-0.05, 0) is 100 Å². The predicted molar refractivity (Wildman–Crippen MR) is 248 cm³/mol. The molecule has 2 N–H and O–H groups in total. The average molecular weight is 926 g/mol. The second-order valence-corrected chi connectivity index (χ2v) is 18.5. The molecule has 2 fully saturated rings. The number of aromatic nitrogens is 2. The molecular weight excluding hydrogens is 870 g/mol. The molecule has 3 amide bonds. The maximum Gasteiger partial charge on any atom is 0.226 e. The summed E-state index contributed by atoms with van der Waals surface area (Å²) in [7, 11) is 5.88. The van der Waals surface area contributed by atoms with E-state index in [1.807, 2.05) is 85.2 Å². The van der Waals surface area contributed by atoms with Gasteiger partial charge in [0.25, 0.3) is 0 Å². The monoisotopic (exact) mass is 924 g/mol. The van der Waals surface area contributed by atoms with Gasteiger partial charge in [0, 0.05) is 49.1 Å². The van der Waals surface area contributed by atoms with Crippen molar-refractivity contribution in [2.75, 3.05) is 33.8 Å². The third kappa shape index (κ3) is 11.3. The molecule has 4 aromatic carbocycles. The van der Waals surface area contributed by atoms with Crippen molar-refractivity contribution in [3.8, 4) is 22.8 Å². The van der Waals surface area contributed by atoms with Gasteiger partial charge in [-0.2, -0.15) is 0 Å². The lowest BCUT2D eigenvalue weighted by molar-refractivity contribution is -0.147. The normalized spacial score (nSPS) is 21.1. The van der Waals surface area contributed by atoms with Crippen LogP contribution >= 0.6 is 23.2 Å². The summed E-state index contributed by atoms with van der Waals surface area (Å²) < 4.78 is 24.4. The fourth-order valence-corrected chi connectivity index (χ4v) is 9.19. The van der Waals surface area contributed by atoms with E-state index in [2.05, 4.69) is 10.3 Å². The highest BCUT2D eigenvalue weighted by Gasteiger charge is 2.43. The molecule has 0 radical (unpaired) electrons. The first-order chi connectivity index (χ1) is 31.1. The van der Waals surface area contributed by atoms with Crippen LogP contribution < -0.4 is 10.1 Å². The molecule has 0 unspecified atom stereocenters. The number of Topliss-reactive ketones (excluding diaryl/α,β-unsaturated/α-hetero) is 1. The summed E-state index contributed by atoms with van der Waals surface area (Å²) in [6, 6.07) is 25.5. The number of ether oxygens (including phenoxy) is 1. The maximum absolute atomic E-state index is 16.2. The quantitative estimate of drug-likeness (QED) is 0.130. The minimum Gasteiger partial charge on any atom is -0.454 e. The number of piperidine rings is 1. The Balaban J connectivity index is 1.22. The Bertz CT molecular complexity index is 2500. The van der Waals surface area contributed by atoms with Crippen molar-refractivity contribution >= 4 is 46.7 Å². The molecule has 5 aromatic rings. The van der Waals surface area contributed by atoms with Crippen molar-refractivity contribution in [1.29, 1.82) is 0 Å². The number of carbonyl (C=O) groups excluding carboxylic acids is 4. The molecule has 15 heteroatoms. The number of hydrogen-bond donors (Lipinski definition) is 2. The van der Waals surface area contributed by atoms with E-state index < -0.39 is 53.4 Å². The van der Waals surface area contributed by atoms with E-state index in [0.29, 0.717) is 43.1 Å². The van der Waals surface area contributed by atoms with Gasteiger partial charge in [0.05, 0.1) is 60.0 Å². The number of halogens is 3. The number of nitrogens with zero attached hydrogens (tertiary/aromatic N) is 5. The Kier molecular flexibility index (Phi) is 15.1. The number of fused-ring (bicyclic) bond motifs is 2. The average Bonchev–Trinajstić information content (AvgIpc) is 3.65. The Morgan fingerprint density at radius 1 is 0.923 bits per heavy atom. The summed E-state index contributed by atoms with van der Waals surface area (Å²) in [4.78, 5) is 67.9. The van der Waals surface area contributed by atoms with E-state index in [1.54, 1.807) is 42.3 Å². The number of imidazole rings is 1. The molecule has 12 nitrogen and oxygen atoms in total. The topological polar surface area (TPSA) is 137 Å². The van der Waals surface area contributed by atoms with E-state index in [9.17, 15) is 24.3 Å². The van der Waals surface area contributed by atoms with Gasteiger partial charge in [0.2, 0.25) is 17.7 Å². The predicted octanol–water partition coefficient (Wildman–Crippen LogP) is 7.65. The third-order valence-corrected chi connectivity index (χ3v) is 13.0. The number of nitrogens with one attached hydrogen (secondary N) is 1. The Morgan fingerprint density at radius 3 is 2.34 bits per heavy atom. The van der Waals surface area contributed by atoms with E-state index in [-0.39, 0.29) is 54.6 Å². The van der Waals surface area contributed by atoms with Crippen LogP contribution in [0.5, 0.6) is 11.5 Å². The van der Waals surface area contributed by atoms with Crippen molar-refractivity contribution in [2.45, 2.75) is 70.1 Å². The second-order valence-electron chi connectivity index (χ2n) is 17.6. The van der Waals surface area contributed by atoms with Gasteiger partial charge in [-0.1, -0.05) is 71.7 Å². The highest BCUT2D eigenvalue weighted by molar-refractivity contribution is 6.31. The number of ketones is 1. The molecule has 65 heavy (non-hydrogen) atoms. The van der Waals surface area contributed by atoms with Gasteiger partial charge < -0.3 is 34.4 Å². The Hall–Kier alpha value is -5.60. The summed E-state index contributed by atoms with van der Waals surface area (Å²) in [5.41, 5.74) is 2.76. The Labute approximate surface area is 389 Å². The first-order valence-corrected chi connectivity index (χ1v) is 22.6. The van der Waals surface area contributed by atoms with Gasteiger partial charge in [-0.3, -0.25) is 19.2 Å². The molecular formula is C50H55Cl2FN6O6. The molecule has 2 aliphatic heterocycles. The smallest absolute Gasteiger partial charge is 0.226 e. The van der Waals surface area contributed by atoms with Crippen molar-refractivity contribution in [3.63, 3.8) is 0 Å². The van der Waals surface area contributed by atoms with Crippen molar-refractivity contribution < 1.29 is 33.4 Å². The molecule has 0 saturated carbocycles. The summed E-state index contributed by atoms with van der Waals surface area (Å²) >= 11 is 12.5. The third-order valence-electron chi connectivity index (χ3n) is 12.5. The van der Waals surface area contributed by atoms with Crippen molar-refractivity contribution in [3.05, 3.63) is 136 Å². The van der Waals surface area contributed by atoms with E-state index in [1.165, 1.54) is 17.0 Å². The zero-order valence-corrected chi connectivity index (χ0v) is 38.6. The summed E-state index contributed by atoms with van der Waals surface area (Å²) in [5.74, 6) is -3.74. The molecule has 0 aliphatic carbocycles. The first kappa shape index (κ1) is 47.4. The zero-order chi connectivity index (χ0) is 46.4. The number of benzene rings is 4. The molecule has 4 atom stereocenters. The van der Waals surface area contributed by atoms with Gasteiger partial charge >= 0.3 is 0 Å². The molecule has 1 aromatic heterocycles. The van der Waals surface area contributed by atoms with Crippen molar-refractivity contribution in [1.82, 2.24) is 29.6 Å². The standard InChI is InChI=1S/C50H55Cl2FN6O6/c1-32-43(61)24-38(30-60)48(63)55-50(26-34-11-16-39(51)17-12-34)21-8-22-58(31-50)49(64)37(23-33-9-6-5-7-10-33)25-45(62)59(32)28-36-15-20-41(52)46(53)47(36)65-40-18-13-35(14-19-40)42-27-54-44(57(42)4)29-56(2)3/h5-7,9-20,27,32,37-38,60H,8,21-26,28-31H2,1-4H3,(H,55,63)/t32-,37+,38-,50+/m0/s1. The largest absolute Gasteiger partial charge is 0.454 e. The van der Waals surface area contributed by atoms with Crippen LogP contribution in [0.25, 0.3) is 11.3 Å². The molecule has 2 bridgehead atoms. The minimum absolute atomic E-state index is 0.150. The number of hydrogen-bond acceptors (Lipinski definition) is 8. The van der Waals surface area contributed by atoms with E-state index >= 15 is 4.39 Å². The highest BCUT2D eigenvalue weighted by Crippen LogP contribution is 2.36. The number of aliphatic hydroxyl groups is 1. The lowest BCUT2D eigenvalue weighted by atomic mass is 9.81. The SMILES string of the molecule is C[C@H]1C(=O)C[C@@H](CO)C(=O)N[C@@]2(Cc3ccc(Cl)cc3)CCCN(C2)C(=O)[C@H](Cc2ccccc2)CC(=O)N1Cc1ccc(Cl)c(F)c1Oc1ccc(-c2cnc(CN(C)C)n2C)cc1.